The number of rotatable bonds is 6. The van der Waals surface area contributed by atoms with E-state index >= 15 is 0 Å². The van der Waals surface area contributed by atoms with E-state index in [0.29, 0.717) is 44.4 Å². The molecule has 0 saturated carbocycles. The van der Waals surface area contributed by atoms with E-state index in [9.17, 15) is 4.79 Å². The summed E-state index contributed by atoms with van der Waals surface area (Å²) in [4.78, 5) is 18.7. The van der Waals surface area contributed by atoms with Gasteiger partial charge in [0, 0.05) is 26.7 Å². The van der Waals surface area contributed by atoms with Crippen LogP contribution in [0.2, 0.25) is 0 Å². The Hall–Kier alpha value is -2.46. The van der Waals surface area contributed by atoms with Crippen LogP contribution in [0.4, 0.5) is 10.5 Å². The van der Waals surface area contributed by atoms with Crippen LogP contribution in [0.5, 0.6) is 0 Å². The second-order valence-electron chi connectivity index (χ2n) is 6.47. The topological polar surface area (TPSA) is 108 Å². The van der Waals surface area contributed by atoms with Crippen molar-refractivity contribution in [1.82, 2.24) is 24.8 Å². The summed E-state index contributed by atoms with van der Waals surface area (Å²) in [5, 5.41) is 11.3. The largest absolute Gasteiger partial charge is 0.377 e. The normalized spacial score (nSPS) is 17.3. The number of carbonyl (C=O) groups is 1. The summed E-state index contributed by atoms with van der Waals surface area (Å²) in [6.45, 7) is 8.37. The maximum atomic E-state index is 12.7. The molecule has 0 bridgehead atoms. The van der Waals surface area contributed by atoms with Crippen molar-refractivity contribution in [2.75, 3.05) is 32.1 Å². The Morgan fingerprint density at radius 1 is 1.41 bits per heavy atom. The van der Waals surface area contributed by atoms with Gasteiger partial charge in [-0.05, 0) is 20.8 Å². The van der Waals surface area contributed by atoms with Crippen LogP contribution in [0.1, 0.15) is 30.0 Å². The lowest BCUT2D eigenvalue weighted by Gasteiger charge is -2.32. The zero-order chi connectivity index (χ0) is 19.4. The van der Waals surface area contributed by atoms with Crippen molar-refractivity contribution in [2.45, 2.75) is 46.4 Å². The first-order chi connectivity index (χ1) is 13.0. The van der Waals surface area contributed by atoms with Gasteiger partial charge in [0.2, 0.25) is 5.89 Å². The quantitative estimate of drug-likeness (QED) is 0.812. The average Bonchev–Trinajstić information content (AvgIpc) is 3.21. The molecule has 1 aliphatic rings. The molecular formula is C17H26N6O4. The fraction of sp³-hybridized carbons (Fsp3) is 0.647. The molecule has 0 aromatic carbocycles. The Kier molecular flexibility index (Phi) is 6.07. The number of aryl methyl sites for hydroxylation is 2. The van der Waals surface area contributed by atoms with Gasteiger partial charge in [-0.15, -0.1) is 0 Å². The molecule has 3 heterocycles. The lowest BCUT2D eigenvalue weighted by atomic mass is 10.2. The Balaban J connectivity index is 1.60. The SMILES string of the molecule is CCn1nc(C)c(NC(=O)N2CCO[C@H](Cc3nc(COC)no3)C2)c1C. The molecule has 0 unspecified atom stereocenters. The number of methoxy groups -OCH3 is 1. The predicted molar refractivity (Wildman–Crippen MR) is 96.4 cm³/mol. The Morgan fingerprint density at radius 3 is 2.93 bits per heavy atom. The molecule has 1 fully saturated rings. The van der Waals surface area contributed by atoms with Crippen LogP contribution in [0.25, 0.3) is 0 Å². The van der Waals surface area contributed by atoms with Crippen molar-refractivity contribution < 1.29 is 18.8 Å². The minimum Gasteiger partial charge on any atom is -0.377 e. The first-order valence-corrected chi connectivity index (χ1v) is 9.03. The molecule has 10 nitrogen and oxygen atoms in total. The lowest BCUT2D eigenvalue weighted by Crippen LogP contribution is -2.48. The summed E-state index contributed by atoms with van der Waals surface area (Å²) in [5.41, 5.74) is 2.53. The van der Waals surface area contributed by atoms with Crippen molar-refractivity contribution in [2.24, 2.45) is 0 Å². The molecule has 0 radical (unpaired) electrons. The molecule has 1 aliphatic heterocycles. The highest BCUT2D eigenvalue weighted by molar-refractivity contribution is 5.90. The van der Waals surface area contributed by atoms with Crippen molar-refractivity contribution in [3.05, 3.63) is 23.1 Å². The van der Waals surface area contributed by atoms with Gasteiger partial charge in [0.15, 0.2) is 5.82 Å². The number of amides is 2. The number of hydrogen-bond acceptors (Lipinski definition) is 7. The van der Waals surface area contributed by atoms with Crippen LogP contribution in [0, 0.1) is 13.8 Å². The van der Waals surface area contributed by atoms with Gasteiger partial charge < -0.3 is 24.2 Å². The van der Waals surface area contributed by atoms with E-state index in [0.717, 1.165) is 23.6 Å². The van der Waals surface area contributed by atoms with E-state index in [1.807, 2.05) is 25.5 Å². The molecule has 2 aromatic rings. The third-order valence-electron chi connectivity index (χ3n) is 4.52. The van der Waals surface area contributed by atoms with Gasteiger partial charge in [0.05, 0.1) is 36.2 Å². The predicted octanol–water partition coefficient (Wildman–Crippen LogP) is 1.52. The molecule has 0 aliphatic carbocycles. The molecule has 27 heavy (non-hydrogen) atoms. The Morgan fingerprint density at radius 2 is 2.22 bits per heavy atom. The Labute approximate surface area is 157 Å². The summed E-state index contributed by atoms with van der Waals surface area (Å²) in [7, 11) is 1.57. The lowest BCUT2D eigenvalue weighted by molar-refractivity contribution is -0.0148. The van der Waals surface area contributed by atoms with Gasteiger partial charge in [0.25, 0.3) is 0 Å². The molecule has 2 aromatic heterocycles. The summed E-state index contributed by atoms with van der Waals surface area (Å²) in [6, 6.07) is -0.157. The number of hydrogen-bond donors (Lipinski definition) is 1. The monoisotopic (exact) mass is 378 g/mol. The fourth-order valence-corrected chi connectivity index (χ4v) is 3.15. The van der Waals surface area contributed by atoms with Gasteiger partial charge >= 0.3 is 6.03 Å². The van der Waals surface area contributed by atoms with Crippen LogP contribution < -0.4 is 5.32 Å². The molecule has 1 saturated heterocycles. The maximum absolute atomic E-state index is 12.7. The minimum absolute atomic E-state index is 0.157. The number of nitrogens with one attached hydrogen (secondary N) is 1. The van der Waals surface area contributed by atoms with Gasteiger partial charge in [-0.25, -0.2) is 4.79 Å². The van der Waals surface area contributed by atoms with E-state index in [2.05, 4.69) is 20.6 Å². The van der Waals surface area contributed by atoms with Crippen LogP contribution in [-0.2, 0) is 29.0 Å². The molecule has 148 valence electrons. The molecule has 0 spiro atoms. The molecule has 1 atom stereocenters. The maximum Gasteiger partial charge on any atom is 0.322 e. The zero-order valence-corrected chi connectivity index (χ0v) is 16.2. The van der Waals surface area contributed by atoms with Crippen LogP contribution in [0.15, 0.2) is 4.52 Å². The van der Waals surface area contributed by atoms with Gasteiger partial charge in [-0.1, -0.05) is 5.16 Å². The summed E-state index contributed by atoms with van der Waals surface area (Å²) >= 11 is 0. The number of nitrogens with zero attached hydrogens (tertiary/aromatic N) is 5. The summed E-state index contributed by atoms with van der Waals surface area (Å²) in [6.07, 6.45) is 0.257. The van der Waals surface area contributed by atoms with E-state index < -0.39 is 0 Å². The molecule has 1 N–H and O–H groups in total. The van der Waals surface area contributed by atoms with E-state index in [4.69, 9.17) is 14.0 Å². The van der Waals surface area contributed by atoms with Crippen LogP contribution in [0.3, 0.4) is 0 Å². The second-order valence-corrected chi connectivity index (χ2v) is 6.47. The highest BCUT2D eigenvalue weighted by atomic mass is 16.5. The third-order valence-corrected chi connectivity index (χ3v) is 4.52. The first kappa shape index (κ1) is 19.3. The van der Waals surface area contributed by atoms with Crippen LogP contribution in [-0.4, -0.2) is 63.8 Å². The minimum atomic E-state index is -0.194. The fourth-order valence-electron chi connectivity index (χ4n) is 3.15. The number of aromatic nitrogens is 4. The van der Waals surface area contributed by atoms with E-state index in [-0.39, 0.29) is 12.1 Å². The van der Waals surface area contributed by atoms with Crippen molar-refractivity contribution in [3.63, 3.8) is 0 Å². The van der Waals surface area contributed by atoms with E-state index in [1.54, 1.807) is 12.0 Å². The summed E-state index contributed by atoms with van der Waals surface area (Å²) in [5.74, 6) is 0.974. The second kappa shape index (κ2) is 8.49. The standard InChI is InChI=1S/C17H26N6O4/c1-5-23-12(3)16(11(2)20-23)19-17(24)22-6-7-26-13(9-22)8-15-18-14(10-25-4)21-27-15/h13H,5-10H2,1-4H3,(H,19,24)/t13-/m1/s1. The highest BCUT2D eigenvalue weighted by Crippen LogP contribution is 2.20. The number of morpholine rings is 1. The average molecular weight is 378 g/mol. The molecular weight excluding hydrogens is 352 g/mol. The third kappa shape index (κ3) is 4.45. The van der Waals surface area contributed by atoms with Crippen molar-refractivity contribution in [3.8, 4) is 0 Å². The van der Waals surface area contributed by atoms with Gasteiger partial charge in [-0.2, -0.15) is 10.1 Å². The smallest absolute Gasteiger partial charge is 0.322 e. The number of anilines is 1. The number of urea groups is 1. The van der Waals surface area contributed by atoms with Gasteiger partial charge in [0.1, 0.15) is 6.61 Å². The molecule has 10 heteroatoms. The van der Waals surface area contributed by atoms with Crippen molar-refractivity contribution >= 4 is 11.7 Å². The Bertz CT molecular complexity index is 786. The summed E-state index contributed by atoms with van der Waals surface area (Å²) < 4.78 is 17.8. The van der Waals surface area contributed by atoms with Gasteiger partial charge in [-0.3, -0.25) is 4.68 Å². The molecule has 3 rings (SSSR count). The first-order valence-electron chi connectivity index (χ1n) is 9.03. The number of carbonyl (C=O) groups excluding carboxylic acids is 1. The van der Waals surface area contributed by atoms with E-state index in [1.165, 1.54) is 0 Å². The van der Waals surface area contributed by atoms with Crippen molar-refractivity contribution in [1.29, 1.82) is 0 Å². The highest BCUT2D eigenvalue weighted by Gasteiger charge is 2.27. The van der Waals surface area contributed by atoms with Crippen LogP contribution >= 0.6 is 0 Å². The molecule has 2 amide bonds. The zero-order valence-electron chi connectivity index (χ0n) is 16.2. The number of ether oxygens (including phenoxy) is 2.